The van der Waals surface area contributed by atoms with Crippen molar-refractivity contribution in [3.63, 3.8) is 0 Å². The third-order valence-corrected chi connectivity index (χ3v) is 1.30. The minimum absolute atomic E-state index is 0.819. The van der Waals surface area contributed by atoms with Gasteiger partial charge in [0.1, 0.15) is 0 Å². The Morgan fingerprint density at radius 3 is 1.79 bits per heavy atom. The van der Waals surface area contributed by atoms with Crippen molar-refractivity contribution in [2.45, 2.75) is 34.6 Å². The molecule has 0 amide bonds. The molecule has 0 aliphatic rings. The molecule has 4 radical (unpaired) electrons. The summed E-state index contributed by atoms with van der Waals surface area (Å²) in [6, 6.07) is 7.68. The molecule has 74 valence electrons. The Balaban J connectivity index is 0. The van der Waals surface area contributed by atoms with Crippen molar-refractivity contribution in [3.8, 4) is 0 Å². The lowest BCUT2D eigenvalue weighted by Crippen LogP contribution is -2.13. The average molecular weight is 187 g/mol. The Morgan fingerprint density at radius 1 is 1.00 bits per heavy atom. The van der Waals surface area contributed by atoms with Gasteiger partial charge in [-0.2, -0.15) is 0 Å². The Hall–Kier alpha value is -0.850. The molecule has 1 rings (SSSR count). The second-order valence-corrected chi connectivity index (χ2v) is 2.25. The first-order valence-corrected chi connectivity index (χ1v) is 5.06. The standard InChI is InChI=1S/C7H7B2N.2C2H6/c1-6-3-2-4-7(5-6)10(8)9;2*1-2/h2-5H,1H3;2*1-2H3. The van der Waals surface area contributed by atoms with Crippen LogP contribution in [-0.4, -0.2) is 16.0 Å². The van der Waals surface area contributed by atoms with Gasteiger partial charge in [0.15, 0.2) is 0 Å². The quantitative estimate of drug-likeness (QED) is 0.610. The third-order valence-electron chi connectivity index (χ3n) is 1.30. The Labute approximate surface area is 91.4 Å². The van der Waals surface area contributed by atoms with Gasteiger partial charge in [-0.15, -0.1) is 0 Å². The van der Waals surface area contributed by atoms with Crippen LogP contribution in [0.3, 0.4) is 0 Å². The van der Waals surface area contributed by atoms with Crippen LogP contribution in [0.2, 0.25) is 0 Å². The summed E-state index contributed by atoms with van der Waals surface area (Å²) in [4.78, 5) is 0. The van der Waals surface area contributed by atoms with Gasteiger partial charge < -0.3 is 4.72 Å². The fraction of sp³-hybridized carbons (Fsp3) is 0.455. The van der Waals surface area contributed by atoms with Crippen molar-refractivity contribution in [2.24, 2.45) is 0 Å². The number of nitrogens with zero attached hydrogens (tertiary/aromatic N) is 1. The normalized spacial score (nSPS) is 7.50. The van der Waals surface area contributed by atoms with Gasteiger partial charge in [0.2, 0.25) is 16.0 Å². The molecule has 0 saturated heterocycles. The molecular formula is C11H19B2N. The minimum atomic E-state index is 0.819. The number of hydrogen-bond acceptors (Lipinski definition) is 1. The predicted molar refractivity (Wildman–Crippen MR) is 67.9 cm³/mol. The molecule has 0 aliphatic heterocycles. The molecule has 1 aromatic carbocycles. The van der Waals surface area contributed by atoms with Gasteiger partial charge in [-0.3, -0.25) is 0 Å². The van der Waals surface area contributed by atoms with Crippen molar-refractivity contribution < 1.29 is 0 Å². The average Bonchev–Trinajstić information content (AvgIpc) is 2.24. The van der Waals surface area contributed by atoms with Gasteiger partial charge in [-0.25, -0.2) is 0 Å². The minimum Gasteiger partial charge on any atom is -0.479 e. The third kappa shape index (κ3) is 6.64. The largest absolute Gasteiger partial charge is 0.479 e. The van der Waals surface area contributed by atoms with Gasteiger partial charge in [-0.05, 0) is 24.6 Å². The van der Waals surface area contributed by atoms with E-state index in [1.165, 1.54) is 0 Å². The van der Waals surface area contributed by atoms with E-state index in [1.807, 2.05) is 58.9 Å². The van der Waals surface area contributed by atoms with Crippen LogP contribution >= 0.6 is 0 Å². The van der Waals surface area contributed by atoms with Gasteiger partial charge >= 0.3 is 0 Å². The van der Waals surface area contributed by atoms with Crippen LogP contribution < -0.4 is 4.72 Å². The lowest BCUT2D eigenvalue weighted by molar-refractivity contribution is 1.45. The van der Waals surface area contributed by atoms with Gasteiger partial charge in [-0.1, -0.05) is 39.8 Å². The number of benzene rings is 1. The predicted octanol–water partition coefficient (Wildman–Crippen LogP) is 3.02. The summed E-state index contributed by atoms with van der Waals surface area (Å²) in [7, 11) is 10.6. The summed E-state index contributed by atoms with van der Waals surface area (Å²) in [5.41, 5.74) is 1.97. The Kier molecular flexibility index (Phi) is 11.4. The van der Waals surface area contributed by atoms with Crippen molar-refractivity contribution in [3.05, 3.63) is 29.8 Å². The summed E-state index contributed by atoms with van der Waals surface area (Å²) in [6.07, 6.45) is 0. The smallest absolute Gasteiger partial charge is 0.209 e. The molecule has 14 heavy (non-hydrogen) atoms. The maximum atomic E-state index is 5.29. The molecule has 0 N–H and O–H groups in total. The first-order valence-electron chi connectivity index (χ1n) is 5.06. The van der Waals surface area contributed by atoms with E-state index < -0.39 is 0 Å². The topological polar surface area (TPSA) is 3.24 Å². The number of aryl methyl sites for hydroxylation is 1. The monoisotopic (exact) mass is 187 g/mol. The molecule has 0 saturated carbocycles. The van der Waals surface area contributed by atoms with Crippen LogP contribution in [0.4, 0.5) is 5.69 Å². The summed E-state index contributed by atoms with van der Waals surface area (Å²) >= 11 is 0. The van der Waals surface area contributed by atoms with Crippen LogP contribution in [0.15, 0.2) is 24.3 Å². The van der Waals surface area contributed by atoms with E-state index in [-0.39, 0.29) is 0 Å². The van der Waals surface area contributed by atoms with Gasteiger partial charge in [0.05, 0.1) is 0 Å². The first-order chi connectivity index (χ1) is 6.70. The van der Waals surface area contributed by atoms with E-state index in [0.29, 0.717) is 0 Å². The number of hydrogen-bond donors (Lipinski definition) is 0. The van der Waals surface area contributed by atoms with Crippen molar-refractivity contribution in [1.82, 2.24) is 0 Å². The van der Waals surface area contributed by atoms with Crippen LogP contribution in [0.25, 0.3) is 0 Å². The van der Waals surface area contributed by atoms with Crippen LogP contribution in [0.5, 0.6) is 0 Å². The zero-order valence-corrected chi connectivity index (χ0v) is 9.91. The molecule has 0 aromatic heterocycles. The second kappa shape index (κ2) is 10.2. The molecule has 0 bridgehead atoms. The summed E-state index contributed by atoms with van der Waals surface area (Å²) < 4.78 is 1.10. The molecule has 0 fully saturated rings. The molecule has 0 spiro atoms. The first kappa shape index (κ1) is 15.6. The maximum absolute atomic E-state index is 5.29. The highest BCUT2D eigenvalue weighted by Gasteiger charge is 1.91. The van der Waals surface area contributed by atoms with Crippen LogP contribution in [0.1, 0.15) is 33.3 Å². The van der Waals surface area contributed by atoms with E-state index in [1.54, 1.807) is 0 Å². The fourth-order valence-electron chi connectivity index (χ4n) is 0.789. The lowest BCUT2D eigenvalue weighted by Gasteiger charge is -2.13. The highest BCUT2D eigenvalue weighted by atomic mass is 14.9. The summed E-state index contributed by atoms with van der Waals surface area (Å²) in [5, 5.41) is 0. The van der Waals surface area contributed by atoms with Gasteiger partial charge in [0, 0.05) is 5.69 Å². The van der Waals surface area contributed by atoms with Gasteiger partial charge in [0.25, 0.3) is 0 Å². The van der Waals surface area contributed by atoms with E-state index in [0.717, 1.165) is 16.0 Å². The summed E-state index contributed by atoms with van der Waals surface area (Å²) in [5.74, 6) is 0. The highest BCUT2D eigenvalue weighted by molar-refractivity contribution is 6.41. The Bertz CT molecular complexity index is 224. The van der Waals surface area contributed by atoms with Crippen LogP contribution in [-0.2, 0) is 0 Å². The fourth-order valence-corrected chi connectivity index (χ4v) is 0.789. The molecule has 0 heterocycles. The maximum Gasteiger partial charge on any atom is 0.209 e. The SMILES string of the molecule is CC.CC.[B]N([B])c1cccc(C)c1. The molecule has 0 aliphatic carbocycles. The molecule has 0 unspecified atom stereocenters. The molecule has 0 atom stereocenters. The van der Waals surface area contributed by atoms with Crippen molar-refractivity contribution in [1.29, 1.82) is 0 Å². The highest BCUT2D eigenvalue weighted by Crippen LogP contribution is 2.10. The summed E-state index contributed by atoms with van der Waals surface area (Å²) in [6.45, 7) is 9.99. The van der Waals surface area contributed by atoms with Crippen LogP contribution in [0, 0.1) is 6.92 Å². The number of anilines is 1. The molecule has 1 aromatic rings. The van der Waals surface area contributed by atoms with E-state index in [4.69, 9.17) is 16.0 Å². The van der Waals surface area contributed by atoms with E-state index in [2.05, 4.69) is 0 Å². The molecular weight excluding hydrogens is 168 g/mol. The molecule has 3 heteroatoms. The van der Waals surface area contributed by atoms with E-state index in [9.17, 15) is 0 Å². The van der Waals surface area contributed by atoms with E-state index >= 15 is 0 Å². The molecule has 1 nitrogen and oxygen atoms in total. The Morgan fingerprint density at radius 2 is 1.50 bits per heavy atom. The zero-order valence-electron chi connectivity index (χ0n) is 9.91. The van der Waals surface area contributed by atoms with Crippen molar-refractivity contribution in [2.75, 3.05) is 4.72 Å². The zero-order chi connectivity index (χ0) is 11.6. The second-order valence-electron chi connectivity index (χ2n) is 2.25. The lowest BCUT2D eigenvalue weighted by atomic mass is 10.1. The van der Waals surface area contributed by atoms with Crippen molar-refractivity contribution >= 4 is 21.6 Å². The number of rotatable bonds is 1.